The fourth-order valence-corrected chi connectivity index (χ4v) is 6.46. The maximum Gasteiger partial charge on any atom is 0.243 e. The quantitative estimate of drug-likeness (QED) is 0.127. The van der Waals surface area contributed by atoms with Gasteiger partial charge in [-0.3, -0.25) is 19.1 Å². The molecule has 3 amide bonds. The molecule has 2 aromatic rings. The van der Waals surface area contributed by atoms with Gasteiger partial charge in [-0.25, -0.2) is 0 Å². The lowest BCUT2D eigenvalue weighted by molar-refractivity contribution is -0.131. The Morgan fingerprint density at radius 2 is 1.73 bits per heavy atom. The molecule has 1 heterocycles. The molecule has 5 atom stereocenters. The number of ether oxygens (including phenoxy) is 1. The standard InChI is InChI=1S/C37H62N6O5/c1-22(2)27(16-26-13-14-32-29(17-26)30(42-43(32)7)10-9-15-48-8)18-31(40-37(47)35(24(5)6)41-34(45)20-38)33(44)19-28(23(3)4)36(46)39-21-25-11-12-25/h13-14,17,22-25,27-28,31,33,35,44H,9-12,15-16,18-21,38H2,1-8H3,(H,39,46)(H,40,47)(H,41,45)/t27-,28-,31-,33-,35-/m0/s1. The number of carbonyl (C=O) groups is 3. The molecular weight excluding hydrogens is 608 g/mol. The van der Waals surface area contributed by atoms with Crippen LogP contribution in [0, 0.1) is 35.5 Å². The number of aliphatic hydroxyl groups is 1. The number of aromatic nitrogens is 2. The second-order valence-electron chi connectivity index (χ2n) is 14.9. The topological polar surface area (TPSA) is 161 Å². The van der Waals surface area contributed by atoms with Gasteiger partial charge in [0.25, 0.3) is 0 Å². The normalized spacial score (nSPS) is 16.6. The summed E-state index contributed by atoms with van der Waals surface area (Å²) in [6.07, 6.45) is 4.48. The van der Waals surface area contributed by atoms with E-state index in [0.717, 1.165) is 54.3 Å². The van der Waals surface area contributed by atoms with Gasteiger partial charge in [0.05, 0.1) is 29.9 Å². The number of rotatable bonds is 21. The van der Waals surface area contributed by atoms with Crippen LogP contribution in [0.25, 0.3) is 10.9 Å². The van der Waals surface area contributed by atoms with E-state index in [4.69, 9.17) is 15.6 Å². The van der Waals surface area contributed by atoms with E-state index < -0.39 is 30.0 Å². The van der Waals surface area contributed by atoms with Crippen molar-refractivity contribution >= 4 is 28.6 Å². The number of aryl methyl sites for hydroxylation is 2. The minimum absolute atomic E-state index is 0.00708. The van der Waals surface area contributed by atoms with Crippen LogP contribution in [-0.4, -0.2) is 77.6 Å². The second-order valence-corrected chi connectivity index (χ2v) is 14.9. The smallest absolute Gasteiger partial charge is 0.243 e. The first kappa shape index (κ1) is 39.4. The van der Waals surface area contributed by atoms with Crippen molar-refractivity contribution in [2.75, 3.05) is 26.8 Å². The van der Waals surface area contributed by atoms with Gasteiger partial charge in [-0.05, 0) is 92.2 Å². The van der Waals surface area contributed by atoms with E-state index in [0.29, 0.717) is 25.5 Å². The van der Waals surface area contributed by atoms with Gasteiger partial charge in [-0.2, -0.15) is 5.10 Å². The van der Waals surface area contributed by atoms with E-state index in [1.165, 1.54) is 0 Å². The predicted molar refractivity (Wildman–Crippen MR) is 190 cm³/mol. The maximum atomic E-state index is 13.7. The zero-order valence-corrected chi connectivity index (χ0v) is 30.6. The summed E-state index contributed by atoms with van der Waals surface area (Å²) in [5.41, 5.74) is 8.83. The predicted octanol–water partition coefficient (Wildman–Crippen LogP) is 3.49. The van der Waals surface area contributed by atoms with Crippen LogP contribution in [-0.2, 0) is 39.0 Å². The fraction of sp³-hybridized carbons (Fsp3) is 0.730. The average Bonchev–Trinajstić information content (AvgIpc) is 3.82. The maximum absolute atomic E-state index is 13.7. The molecule has 1 aromatic carbocycles. The summed E-state index contributed by atoms with van der Waals surface area (Å²) in [7, 11) is 3.67. The zero-order chi connectivity index (χ0) is 35.5. The third-order valence-corrected chi connectivity index (χ3v) is 9.89. The van der Waals surface area contributed by atoms with Crippen molar-refractivity contribution in [1.82, 2.24) is 25.7 Å². The van der Waals surface area contributed by atoms with Gasteiger partial charge in [0.2, 0.25) is 17.7 Å². The molecule has 0 radical (unpaired) electrons. The highest BCUT2D eigenvalue weighted by Gasteiger charge is 2.35. The number of hydrogen-bond acceptors (Lipinski definition) is 7. The number of methoxy groups -OCH3 is 1. The molecule has 0 bridgehead atoms. The van der Waals surface area contributed by atoms with Crippen LogP contribution in [0.5, 0.6) is 0 Å². The Kier molecular flexibility index (Phi) is 15.3. The number of carbonyl (C=O) groups excluding carboxylic acids is 3. The highest BCUT2D eigenvalue weighted by molar-refractivity contribution is 5.88. The molecule has 0 spiro atoms. The molecule has 1 fully saturated rings. The lowest BCUT2D eigenvalue weighted by atomic mass is 9.80. The molecule has 48 heavy (non-hydrogen) atoms. The summed E-state index contributed by atoms with van der Waals surface area (Å²) in [5.74, 6) is -0.532. The number of nitrogens with zero attached hydrogens (tertiary/aromatic N) is 2. The molecule has 270 valence electrons. The van der Waals surface area contributed by atoms with Crippen LogP contribution >= 0.6 is 0 Å². The number of nitrogens with two attached hydrogens (primary N) is 1. The first-order chi connectivity index (χ1) is 22.7. The van der Waals surface area contributed by atoms with Crippen molar-refractivity contribution in [3.05, 3.63) is 29.5 Å². The lowest BCUT2D eigenvalue weighted by Gasteiger charge is -2.34. The van der Waals surface area contributed by atoms with Gasteiger partial charge < -0.3 is 31.5 Å². The van der Waals surface area contributed by atoms with E-state index in [-0.39, 0.29) is 48.5 Å². The largest absolute Gasteiger partial charge is 0.391 e. The molecule has 1 aromatic heterocycles. The van der Waals surface area contributed by atoms with Gasteiger partial charge in [0.1, 0.15) is 6.04 Å². The lowest BCUT2D eigenvalue weighted by Crippen LogP contribution is -2.56. The summed E-state index contributed by atoms with van der Waals surface area (Å²) >= 11 is 0. The molecule has 1 saturated carbocycles. The number of amides is 3. The molecule has 3 rings (SSSR count). The van der Waals surface area contributed by atoms with Crippen LogP contribution in [0.15, 0.2) is 18.2 Å². The van der Waals surface area contributed by atoms with Crippen molar-refractivity contribution in [1.29, 1.82) is 0 Å². The highest BCUT2D eigenvalue weighted by Crippen LogP contribution is 2.30. The third-order valence-electron chi connectivity index (χ3n) is 9.89. The summed E-state index contributed by atoms with van der Waals surface area (Å²) in [6, 6.07) is 5.04. The molecule has 11 nitrogen and oxygen atoms in total. The summed E-state index contributed by atoms with van der Waals surface area (Å²) < 4.78 is 7.18. The molecule has 1 aliphatic rings. The molecule has 11 heteroatoms. The Bertz CT molecular complexity index is 1340. The number of fused-ring (bicyclic) bond motifs is 1. The first-order valence-electron chi connectivity index (χ1n) is 17.9. The van der Waals surface area contributed by atoms with E-state index in [9.17, 15) is 19.5 Å². The Morgan fingerprint density at radius 3 is 2.31 bits per heavy atom. The van der Waals surface area contributed by atoms with E-state index in [2.05, 4.69) is 48.0 Å². The van der Waals surface area contributed by atoms with Crippen molar-refractivity contribution in [2.45, 2.75) is 105 Å². The van der Waals surface area contributed by atoms with Crippen molar-refractivity contribution < 1.29 is 24.2 Å². The number of hydrogen-bond donors (Lipinski definition) is 5. The fourth-order valence-electron chi connectivity index (χ4n) is 6.46. The monoisotopic (exact) mass is 670 g/mol. The molecule has 1 aliphatic carbocycles. The Balaban J connectivity index is 1.88. The van der Waals surface area contributed by atoms with Gasteiger partial charge in [0.15, 0.2) is 0 Å². The van der Waals surface area contributed by atoms with Gasteiger partial charge in [0, 0.05) is 38.6 Å². The van der Waals surface area contributed by atoms with Crippen molar-refractivity contribution in [3.63, 3.8) is 0 Å². The first-order valence-corrected chi connectivity index (χ1v) is 17.9. The Labute approximate surface area is 287 Å². The Hall–Kier alpha value is -3.02. The van der Waals surface area contributed by atoms with Gasteiger partial charge >= 0.3 is 0 Å². The van der Waals surface area contributed by atoms with E-state index in [1.807, 2.05) is 39.4 Å². The van der Waals surface area contributed by atoms with E-state index >= 15 is 0 Å². The van der Waals surface area contributed by atoms with Crippen molar-refractivity contribution in [3.8, 4) is 0 Å². The average molecular weight is 671 g/mol. The highest BCUT2D eigenvalue weighted by atomic mass is 16.5. The van der Waals surface area contributed by atoms with Crippen LogP contribution in [0.3, 0.4) is 0 Å². The molecule has 0 aliphatic heterocycles. The van der Waals surface area contributed by atoms with Crippen LogP contribution in [0.4, 0.5) is 0 Å². The molecular formula is C37H62N6O5. The third kappa shape index (κ3) is 11.6. The SMILES string of the molecule is COCCCc1nn(C)c2ccc(C[C@@H](C[C@H](NC(=O)[C@@H](NC(=O)CN)C(C)C)[C@@H](O)C[C@H](C(=O)NCC3CC3)C(C)C)C(C)C)cc12. The van der Waals surface area contributed by atoms with Gasteiger partial charge in [-0.15, -0.1) is 0 Å². The summed E-state index contributed by atoms with van der Waals surface area (Å²) in [4.78, 5) is 39.2. The number of benzene rings is 1. The molecule has 6 N–H and O–H groups in total. The second kappa shape index (κ2) is 18.7. The van der Waals surface area contributed by atoms with E-state index in [1.54, 1.807) is 7.11 Å². The van der Waals surface area contributed by atoms with Gasteiger partial charge in [-0.1, -0.05) is 47.6 Å². The van der Waals surface area contributed by atoms with Crippen LogP contribution in [0.1, 0.15) is 84.9 Å². The summed E-state index contributed by atoms with van der Waals surface area (Å²) in [5, 5.41) is 26.7. The zero-order valence-electron chi connectivity index (χ0n) is 30.6. The Morgan fingerprint density at radius 1 is 1.02 bits per heavy atom. The minimum Gasteiger partial charge on any atom is -0.391 e. The minimum atomic E-state index is -0.972. The molecule has 0 unspecified atom stereocenters. The van der Waals surface area contributed by atoms with Crippen molar-refractivity contribution in [2.24, 2.45) is 48.3 Å². The summed E-state index contributed by atoms with van der Waals surface area (Å²) in [6.45, 7) is 13.2. The van der Waals surface area contributed by atoms with Crippen LogP contribution in [0.2, 0.25) is 0 Å². The van der Waals surface area contributed by atoms with Crippen LogP contribution < -0.4 is 21.7 Å². The number of nitrogens with one attached hydrogen (secondary N) is 3. The number of aliphatic hydroxyl groups excluding tert-OH is 1. The molecule has 0 saturated heterocycles.